The molecule has 1 aromatic carbocycles. The Balaban J connectivity index is 2.15. The summed E-state index contributed by atoms with van der Waals surface area (Å²) in [6, 6.07) is 6.97. The number of benzene rings is 1. The minimum absolute atomic E-state index is 0.0361. The summed E-state index contributed by atoms with van der Waals surface area (Å²) in [5.41, 5.74) is 3.58. The van der Waals surface area contributed by atoms with Crippen molar-refractivity contribution >= 4 is 17.8 Å². The lowest BCUT2D eigenvalue weighted by molar-refractivity contribution is -0.155. The molecule has 0 spiro atoms. The van der Waals surface area contributed by atoms with Crippen LogP contribution in [0.15, 0.2) is 29.3 Å². The number of hydrogen-bond acceptors (Lipinski definition) is 8. The van der Waals surface area contributed by atoms with Crippen molar-refractivity contribution in [1.82, 2.24) is 10.9 Å². The number of hydrazine groups is 1. The molecule has 178 valence electrons. The van der Waals surface area contributed by atoms with Crippen LogP contribution in [0.25, 0.3) is 0 Å². The van der Waals surface area contributed by atoms with Gasteiger partial charge >= 0.3 is 5.97 Å². The number of hydrogen-bond donors (Lipinski definition) is 3. The van der Waals surface area contributed by atoms with E-state index < -0.39 is 29.7 Å². The van der Waals surface area contributed by atoms with Gasteiger partial charge in [-0.3, -0.25) is 15.0 Å². The molecule has 1 aliphatic rings. The van der Waals surface area contributed by atoms with E-state index in [1.165, 1.54) is 0 Å². The molecule has 0 radical (unpaired) electrons. The van der Waals surface area contributed by atoms with Crippen LogP contribution in [0.4, 0.5) is 4.39 Å². The van der Waals surface area contributed by atoms with Gasteiger partial charge in [0.1, 0.15) is 24.6 Å². The molecular formula is C22H32FN3O6. The monoisotopic (exact) mass is 453 g/mol. The molecule has 1 amide bonds. The topological polar surface area (TPSA) is 118 Å². The van der Waals surface area contributed by atoms with E-state index in [4.69, 9.17) is 19.3 Å². The number of aliphatic hydroxyl groups is 1. The Morgan fingerprint density at radius 3 is 2.62 bits per heavy atom. The van der Waals surface area contributed by atoms with Gasteiger partial charge in [-0.1, -0.05) is 0 Å². The van der Waals surface area contributed by atoms with E-state index in [0.717, 1.165) is 0 Å². The lowest BCUT2D eigenvalue weighted by Gasteiger charge is -2.24. The second kappa shape index (κ2) is 11.8. The van der Waals surface area contributed by atoms with Crippen molar-refractivity contribution in [2.24, 2.45) is 4.99 Å². The van der Waals surface area contributed by atoms with Gasteiger partial charge in [-0.15, -0.1) is 0 Å². The largest absolute Gasteiger partial charge is 0.494 e. The SMILES string of the molecule is CC(C)(C)OC(=O)CC[C@@]1(C(=O)NNCCF)COC(c2ccc(OCCCO)cc2)=N1. The first kappa shape index (κ1) is 25.5. The molecule has 1 heterocycles. The number of carbonyl (C=O) groups is 2. The quantitative estimate of drug-likeness (QED) is 0.250. The first-order valence-corrected chi connectivity index (χ1v) is 10.6. The van der Waals surface area contributed by atoms with Crippen LogP contribution in [-0.4, -0.2) is 67.1 Å². The molecular weight excluding hydrogens is 421 g/mol. The maximum Gasteiger partial charge on any atom is 0.306 e. The van der Waals surface area contributed by atoms with Crippen LogP contribution in [-0.2, 0) is 19.1 Å². The number of halogens is 1. The van der Waals surface area contributed by atoms with E-state index in [1.807, 2.05) is 0 Å². The van der Waals surface area contributed by atoms with Crippen molar-refractivity contribution < 1.29 is 33.3 Å². The fourth-order valence-corrected chi connectivity index (χ4v) is 2.91. The summed E-state index contributed by atoms with van der Waals surface area (Å²) in [6.07, 6.45) is 0.561. The van der Waals surface area contributed by atoms with Crippen LogP contribution in [0.5, 0.6) is 5.75 Å². The molecule has 10 heteroatoms. The number of nitrogens with one attached hydrogen (secondary N) is 2. The predicted octanol–water partition coefficient (Wildman–Crippen LogP) is 1.68. The Bertz CT molecular complexity index is 794. The second-order valence-corrected chi connectivity index (χ2v) is 8.34. The van der Waals surface area contributed by atoms with Crippen molar-refractivity contribution in [1.29, 1.82) is 0 Å². The van der Waals surface area contributed by atoms with Crippen molar-refractivity contribution in [2.45, 2.75) is 51.2 Å². The molecule has 0 fully saturated rings. The van der Waals surface area contributed by atoms with Gasteiger partial charge in [-0.2, -0.15) is 0 Å². The van der Waals surface area contributed by atoms with E-state index in [9.17, 15) is 14.0 Å². The van der Waals surface area contributed by atoms with Crippen molar-refractivity contribution in [3.8, 4) is 5.75 Å². The minimum Gasteiger partial charge on any atom is -0.494 e. The molecule has 0 aliphatic carbocycles. The minimum atomic E-state index is -1.36. The Morgan fingerprint density at radius 1 is 1.28 bits per heavy atom. The zero-order valence-electron chi connectivity index (χ0n) is 18.8. The zero-order valence-corrected chi connectivity index (χ0v) is 18.8. The molecule has 9 nitrogen and oxygen atoms in total. The smallest absolute Gasteiger partial charge is 0.306 e. The highest BCUT2D eigenvalue weighted by molar-refractivity contribution is 6.00. The number of ether oxygens (including phenoxy) is 3. The van der Waals surface area contributed by atoms with Gasteiger partial charge in [0.25, 0.3) is 5.91 Å². The Morgan fingerprint density at radius 2 is 2.00 bits per heavy atom. The molecule has 0 saturated carbocycles. The third kappa shape index (κ3) is 7.76. The van der Waals surface area contributed by atoms with Gasteiger partial charge in [-0.25, -0.2) is 14.8 Å². The van der Waals surface area contributed by atoms with Crippen molar-refractivity contribution in [2.75, 3.05) is 33.0 Å². The predicted molar refractivity (Wildman–Crippen MR) is 116 cm³/mol. The first-order valence-electron chi connectivity index (χ1n) is 10.6. The molecule has 1 aliphatic heterocycles. The Kier molecular flexibility index (Phi) is 9.40. The highest BCUT2D eigenvalue weighted by atomic mass is 19.1. The summed E-state index contributed by atoms with van der Waals surface area (Å²) in [4.78, 5) is 29.6. The summed E-state index contributed by atoms with van der Waals surface area (Å²) in [5, 5.41) is 8.83. The maximum atomic E-state index is 12.8. The van der Waals surface area contributed by atoms with Crippen LogP contribution >= 0.6 is 0 Å². The molecule has 0 unspecified atom stereocenters. The van der Waals surface area contributed by atoms with E-state index in [0.29, 0.717) is 24.3 Å². The zero-order chi connectivity index (χ0) is 23.6. The lowest BCUT2D eigenvalue weighted by atomic mass is 9.94. The first-order chi connectivity index (χ1) is 15.2. The third-order valence-electron chi connectivity index (χ3n) is 4.44. The van der Waals surface area contributed by atoms with E-state index in [2.05, 4.69) is 15.8 Å². The van der Waals surface area contributed by atoms with Crippen LogP contribution < -0.4 is 15.6 Å². The molecule has 1 atom stereocenters. The number of rotatable bonds is 12. The Labute approximate surface area is 187 Å². The Hall–Kier alpha value is -2.72. The number of carbonyl (C=O) groups excluding carboxylic acids is 2. The van der Waals surface area contributed by atoms with Gasteiger partial charge < -0.3 is 19.3 Å². The molecule has 0 aromatic heterocycles. The van der Waals surface area contributed by atoms with Crippen molar-refractivity contribution in [3.63, 3.8) is 0 Å². The lowest BCUT2D eigenvalue weighted by Crippen LogP contribution is -2.52. The van der Waals surface area contributed by atoms with Gasteiger partial charge in [0.15, 0.2) is 5.54 Å². The highest BCUT2D eigenvalue weighted by Crippen LogP contribution is 2.28. The van der Waals surface area contributed by atoms with Crippen LogP contribution in [0.1, 0.15) is 45.6 Å². The maximum absolute atomic E-state index is 12.8. The number of nitrogens with zero attached hydrogens (tertiary/aromatic N) is 1. The number of esters is 1. The van der Waals surface area contributed by atoms with E-state index in [-0.39, 0.29) is 38.5 Å². The van der Waals surface area contributed by atoms with Gasteiger partial charge in [0.05, 0.1) is 6.61 Å². The average Bonchev–Trinajstić information content (AvgIpc) is 3.18. The normalized spacial score (nSPS) is 18.0. The highest BCUT2D eigenvalue weighted by Gasteiger charge is 2.44. The van der Waals surface area contributed by atoms with E-state index >= 15 is 0 Å². The molecule has 0 saturated heterocycles. The summed E-state index contributed by atoms with van der Waals surface area (Å²) in [7, 11) is 0. The average molecular weight is 454 g/mol. The summed E-state index contributed by atoms with van der Waals surface area (Å²) in [5.74, 6) is -0.0789. The number of aliphatic hydroxyl groups excluding tert-OH is 1. The van der Waals surface area contributed by atoms with Crippen LogP contribution in [0.3, 0.4) is 0 Å². The molecule has 3 N–H and O–H groups in total. The fourth-order valence-electron chi connectivity index (χ4n) is 2.91. The number of alkyl halides is 1. The number of amides is 1. The fraction of sp³-hybridized carbons (Fsp3) is 0.591. The van der Waals surface area contributed by atoms with E-state index in [1.54, 1.807) is 45.0 Å². The number of aliphatic imine (C=N–C) groups is 1. The summed E-state index contributed by atoms with van der Waals surface area (Å²) in [6.45, 7) is 4.97. The molecule has 32 heavy (non-hydrogen) atoms. The van der Waals surface area contributed by atoms with Gasteiger partial charge in [0.2, 0.25) is 5.90 Å². The van der Waals surface area contributed by atoms with Crippen LogP contribution in [0.2, 0.25) is 0 Å². The van der Waals surface area contributed by atoms with Crippen molar-refractivity contribution in [3.05, 3.63) is 29.8 Å². The molecule has 2 rings (SSSR count). The standard InChI is InChI=1S/C22H32FN3O6/c1-21(2,3)32-18(28)9-10-22(20(29)26-24-12-11-23)15-31-19(25-22)16-5-7-17(8-6-16)30-14-4-13-27/h5-8,24,27H,4,9-15H2,1-3H3,(H,26,29)/t22-/m0/s1. The molecule has 1 aromatic rings. The molecule has 0 bridgehead atoms. The third-order valence-corrected chi connectivity index (χ3v) is 4.44. The summed E-state index contributed by atoms with van der Waals surface area (Å²) >= 11 is 0. The summed E-state index contributed by atoms with van der Waals surface area (Å²) < 4.78 is 28.9. The van der Waals surface area contributed by atoms with Gasteiger partial charge in [0, 0.05) is 31.6 Å². The van der Waals surface area contributed by atoms with Crippen LogP contribution in [0, 0.1) is 0 Å². The van der Waals surface area contributed by atoms with Gasteiger partial charge in [-0.05, 0) is 51.5 Å². The second-order valence-electron chi connectivity index (χ2n) is 8.34.